The molecular formula is C53H35N. The molecule has 0 N–H and O–H groups in total. The van der Waals surface area contributed by atoms with Crippen LogP contribution in [0.4, 0.5) is 17.1 Å². The zero-order valence-corrected chi connectivity index (χ0v) is 29.7. The van der Waals surface area contributed by atoms with Gasteiger partial charge in [-0.2, -0.15) is 0 Å². The maximum Gasteiger partial charge on any atom is 0.0726 e. The third-order valence-electron chi connectivity index (χ3n) is 11.7. The van der Waals surface area contributed by atoms with Gasteiger partial charge in [-0.1, -0.05) is 182 Å². The van der Waals surface area contributed by atoms with Crippen LogP contribution in [0, 0.1) is 0 Å². The van der Waals surface area contributed by atoms with Crippen LogP contribution < -0.4 is 4.90 Å². The fraction of sp³-hybridized carbons (Fsp3) is 0.0189. The molecule has 1 unspecified atom stereocenters. The minimum absolute atomic E-state index is 0.478. The number of hydrogen-bond acceptors (Lipinski definition) is 1. The van der Waals surface area contributed by atoms with Crippen molar-refractivity contribution in [3.63, 3.8) is 0 Å². The van der Waals surface area contributed by atoms with Gasteiger partial charge in [-0.05, 0) is 102 Å². The molecule has 0 fully saturated rings. The van der Waals surface area contributed by atoms with E-state index in [0.717, 1.165) is 11.4 Å². The maximum absolute atomic E-state index is 2.44. The molecule has 1 spiro atoms. The fourth-order valence-corrected chi connectivity index (χ4v) is 9.53. The predicted molar refractivity (Wildman–Crippen MR) is 226 cm³/mol. The van der Waals surface area contributed by atoms with Gasteiger partial charge in [-0.15, -0.1) is 0 Å². The molecule has 2 aliphatic carbocycles. The van der Waals surface area contributed by atoms with Gasteiger partial charge >= 0.3 is 0 Å². The monoisotopic (exact) mass is 685 g/mol. The van der Waals surface area contributed by atoms with E-state index >= 15 is 0 Å². The molecular weight excluding hydrogens is 651 g/mol. The average molecular weight is 686 g/mol. The van der Waals surface area contributed by atoms with Crippen LogP contribution in [-0.4, -0.2) is 0 Å². The van der Waals surface area contributed by atoms with Gasteiger partial charge in [0.2, 0.25) is 0 Å². The fourth-order valence-electron chi connectivity index (χ4n) is 9.53. The van der Waals surface area contributed by atoms with E-state index < -0.39 is 5.41 Å². The predicted octanol–water partition coefficient (Wildman–Crippen LogP) is 14.0. The van der Waals surface area contributed by atoms with Crippen molar-refractivity contribution in [2.45, 2.75) is 5.41 Å². The molecule has 1 atom stereocenters. The molecule has 1 nitrogen and oxygen atoms in total. The van der Waals surface area contributed by atoms with Crippen LogP contribution in [0.15, 0.2) is 212 Å². The number of anilines is 3. The van der Waals surface area contributed by atoms with Gasteiger partial charge in [-0.3, -0.25) is 0 Å². The van der Waals surface area contributed by atoms with Crippen molar-refractivity contribution in [1.82, 2.24) is 0 Å². The summed E-state index contributed by atoms with van der Waals surface area (Å²) in [7, 11) is 0. The van der Waals surface area contributed by atoms with Crippen LogP contribution in [0.1, 0.15) is 22.3 Å². The van der Waals surface area contributed by atoms with Crippen molar-refractivity contribution < 1.29 is 0 Å². The number of nitrogens with zero attached hydrogens (tertiary/aromatic N) is 1. The normalized spacial score (nSPS) is 14.7. The number of rotatable bonds is 5. The lowest BCUT2D eigenvalue weighted by Crippen LogP contribution is -2.26. The van der Waals surface area contributed by atoms with Crippen LogP contribution in [0.3, 0.4) is 0 Å². The highest BCUT2D eigenvalue weighted by atomic mass is 15.1. The third kappa shape index (κ3) is 4.33. The number of fused-ring (bicyclic) bond motifs is 11. The van der Waals surface area contributed by atoms with E-state index in [1.165, 1.54) is 83.2 Å². The molecule has 0 heterocycles. The van der Waals surface area contributed by atoms with E-state index in [4.69, 9.17) is 0 Å². The van der Waals surface area contributed by atoms with Crippen LogP contribution in [-0.2, 0) is 5.41 Å². The largest absolute Gasteiger partial charge is 0.310 e. The molecule has 0 bridgehead atoms. The molecule has 0 saturated carbocycles. The Morgan fingerprint density at radius 3 is 1.54 bits per heavy atom. The van der Waals surface area contributed by atoms with Gasteiger partial charge in [0, 0.05) is 16.9 Å². The topological polar surface area (TPSA) is 3.24 Å². The number of para-hydroxylation sites is 1. The standard InChI is InChI=1S/C53H35N/c1-3-16-36(17-4-1)37-32-34-40(35-33-37)54(39-20-5-2-6-21-39)50-31-15-30-49-52(50)45-24-10-12-28-47(45)53(49)46-27-11-9-23-44(46)51-43(26-14-29-48(51)53)42-25-13-19-38-18-7-8-22-41(38)42/h1-35H. The minimum atomic E-state index is -0.478. The van der Waals surface area contributed by atoms with Gasteiger partial charge in [-0.25, -0.2) is 0 Å². The van der Waals surface area contributed by atoms with Gasteiger partial charge < -0.3 is 4.90 Å². The third-order valence-corrected chi connectivity index (χ3v) is 11.7. The summed E-state index contributed by atoms with van der Waals surface area (Å²) < 4.78 is 0. The smallest absolute Gasteiger partial charge is 0.0726 e. The Hall–Kier alpha value is -6.96. The van der Waals surface area contributed by atoms with Crippen LogP contribution in [0.5, 0.6) is 0 Å². The molecule has 11 rings (SSSR count). The zero-order chi connectivity index (χ0) is 35.6. The Balaban J connectivity index is 1.19. The summed E-state index contributed by atoms with van der Waals surface area (Å²) in [5.41, 5.74) is 18.5. The van der Waals surface area contributed by atoms with Crippen molar-refractivity contribution in [2.24, 2.45) is 0 Å². The molecule has 0 amide bonds. The quantitative estimate of drug-likeness (QED) is 0.174. The minimum Gasteiger partial charge on any atom is -0.310 e. The van der Waals surface area contributed by atoms with E-state index in [1.54, 1.807) is 0 Å². The van der Waals surface area contributed by atoms with Crippen molar-refractivity contribution in [2.75, 3.05) is 4.90 Å². The first-order chi connectivity index (χ1) is 26.8. The van der Waals surface area contributed by atoms with E-state index in [2.05, 4.69) is 217 Å². The van der Waals surface area contributed by atoms with E-state index in [-0.39, 0.29) is 0 Å². The summed E-state index contributed by atoms with van der Waals surface area (Å²) in [6, 6.07) is 78.2. The molecule has 0 radical (unpaired) electrons. The molecule has 0 saturated heterocycles. The molecule has 2 aliphatic rings. The summed E-state index contributed by atoms with van der Waals surface area (Å²) in [5, 5.41) is 2.53. The Morgan fingerprint density at radius 2 is 0.778 bits per heavy atom. The highest BCUT2D eigenvalue weighted by molar-refractivity contribution is 6.06. The Kier molecular flexibility index (Phi) is 6.84. The summed E-state index contributed by atoms with van der Waals surface area (Å²) in [5.74, 6) is 0. The average Bonchev–Trinajstić information content (AvgIpc) is 3.73. The highest BCUT2D eigenvalue weighted by Gasteiger charge is 2.53. The lowest BCUT2D eigenvalue weighted by atomic mass is 9.70. The van der Waals surface area contributed by atoms with E-state index in [0.29, 0.717) is 0 Å². The molecule has 252 valence electrons. The number of benzene rings is 9. The van der Waals surface area contributed by atoms with Crippen molar-refractivity contribution >= 4 is 27.8 Å². The molecule has 0 aromatic heterocycles. The first-order valence-corrected chi connectivity index (χ1v) is 18.8. The van der Waals surface area contributed by atoms with Crippen molar-refractivity contribution in [3.05, 3.63) is 235 Å². The summed E-state index contributed by atoms with van der Waals surface area (Å²) in [6.45, 7) is 0. The molecule has 0 aliphatic heterocycles. The summed E-state index contributed by atoms with van der Waals surface area (Å²) in [4.78, 5) is 2.44. The SMILES string of the molecule is c1ccc(-c2ccc(N(c3ccccc3)c3cccc4c3-c3ccccc3C43c4ccccc4-c4c(-c5cccc6ccccc56)cccc43)cc2)cc1. The van der Waals surface area contributed by atoms with Gasteiger partial charge in [0.05, 0.1) is 11.1 Å². The highest BCUT2D eigenvalue weighted by Crippen LogP contribution is 2.65. The molecule has 54 heavy (non-hydrogen) atoms. The van der Waals surface area contributed by atoms with Gasteiger partial charge in [0.25, 0.3) is 0 Å². The summed E-state index contributed by atoms with van der Waals surface area (Å²) >= 11 is 0. The van der Waals surface area contributed by atoms with E-state index in [1.807, 2.05) is 0 Å². The maximum atomic E-state index is 2.44. The zero-order valence-electron chi connectivity index (χ0n) is 29.7. The second-order valence-electron chi connectivity index (χ2n) is 14.4. The Labute approximate surface area is 316 Å². The number of hydrogen-bond donors (Lipinski definition) is 0. The molecule has 9 aromatic carbocycles. The molecule has 1 heteroatoms. The van der Waals surface area contributed by atoms with Gasteiger partial charge in [0.1, 0.15) is 0 Å². The lowest BCUT2D eigenvalue weighted by molar-refractivity contribution is 0.794. The van der Waals surface area contributed by atoms with Crippen molar-refractivity contribution in [3.8, 4) is 44.5 Å². The first kappa shape index (κ1) is 30.6. The van der Waals surface area contributed by atoms with Crippen LogP contribution in [0.2, 0.25) is 0 Å². The molecule has 9 aromatic rings. The first-order valence-electron chi connectivity index (χ1n) is 18.8. The summed E-state index contributed by atoms with van der Waals surface area (Å²) in [6.07, 6.45) is 0. The van der Waals surface area contributed by atoms with Gasteiger partial charge in [0.15, 0.2) is 0 Å². The Morgan fingerprint density at radius 1 is 0.296 bits per heavy atom. The second-order valence-corrected chi connectivity index (χ2v) is 14.4. The lowest BCUT2D eigenvalue weighted by Gasteiger charge is -2.32. The van der Waals surface area contributed by atoms with E-state index in [9.17, 15) is 0 Å². The van der Waals surface area contributed by atoms with Crippen LogP contribution >= 0.6 is 0 Å². The Bertz CT molecular complexity index is 2870. The van der Waals surface area contributed by atoms with Crippen LogP contribution in [0.25, 0.3) is 55.3 Å². The van der Waals surface area contributed by atoms with Crippen molar-refractivity contribution in [1.29, 1.82) is 0 Å². The second kappa shape index (κ2) is 12.0.